The Labute approximate surface area is 148 Å². The standard InChI is InChI=1S/C17H17FN2O4S/c18-12-9-11(10-14-15(21)19-16(22)25-14)1-2-13(12)20-5-3-17(4-6-20)23-7-8-24-17/h1-2,9-10H,3-8H2,(H,19,21,22). The largest absolute Gasteiger partial charge is 0.369 e. The molecule has 1 aromatic carbocycles. The van der Waals surface area contributed by atoms with Crippen LogP contribution in [0.3, 0.4) is 0 Å². The number of amides is 2. The first-order valence-corrected chi connectivity index (χ1v) is 8.94. The molecule has 1 spiro atoms. The number of anilines is 1. The van der Waals surface area contributed by atoms with E-state index >= 15 is 0 Å². The van der Waals surface area contributed by atoms with Crippen molar-refractivity contribution < 1.29 is 23.5 Å². The quantitative estimate of drug-likeness (QED) is 0.814. The number of rotatable bonds is 2. The summed E-state index contributed by atoms with van der Waals surface area (Å²) in [6.07, 6.45) is 2.93. The fraction of sp³-hybridized carbons (Fsp3) is 0.412. The minimum Gasteiger partial charge on any atom is -0.369 e. The number of nitrogens with one attached hydrogen (secondary N) is 1. The Morgan fingerprint density at radius 2 is 1.92 bits per heavy atom. The topological polar surface area (TPSA) is 67.9 Å². The van der Waals surface area contributed by atoms with Gasteiger partial charge in [-0.25, -0.2) is 4.39 Å². The van der Waals surface area contributed by atoms with Gasteiger partial charge in [-0.1, -0.05) is 6.07 Å². The van der Waals surface area contributed by atoms with Gasteiger partial charge >= 0.3 is 0 Å². The molecule has 1 N–H and O–H groups in total. The summed E-state index contributed by atoms with van der Waals surface area (Å²) in [7, 11) is 0. The third kappa shape index (κ3) is 3.29. The van der Waals surface area contributed by atoms with E-state index in [2.05, 4.69) is 5.32 Å². The summed E-state index contributed by atoms with van der Waals surface area (Å²) in [4.78, 5) is 25.0. The van der Waals surface area contributed by atoms with Crippen LogP contribution >= 0.6 is 11.8 Å². The van der Waals surface area contributed by atoms with Gasteiger partial charge in [0.2, 0.25) is 0 Å². The maximum absolute atomic E-state index is 14.5. The van der Waals surface area contributed by atoms with Crippen molar-refractivity contribution in [3.8, 4) is 0 Å². The number of carbonyl (C=O) groups is 2. The summed E-state index contributed by atoms with van der Waals surface area (Å²) in [6, 6.07) is 4.83. The molecule has 0 aliphatic carbocycles. The van der Waals surface area contributed by atoms with E-state index in [-0.39, 0.29) is 10.7 Å². The highest BCUT2D eigenvalue weighted by molar-refractivity contribution is 8.18. The van der Waals surface area contributed by atoms with Crippen LogP contribution in [-0.4, -0.2) is 43.2 Å². The SMILES string of the molecule is O=C1NC(=O)C(=Cc2ccc(N3CCC4(CC3)OCCO4)c(F)c2)S1. The second-order valence-electron chi connectivity index (χ2n) is 6.16. The van der Waals surface area contributed by atoms with Crippen molar-refractivity contribution in [1.29, 1.82) is 0 Å². The fourth-order valence-electron chi connectivity index (χ4n) is 3.32. The van der Waals surface area contributed by atoms with Gasteiger partial charge in [-0.2, -0.15) is 0 Å². The van der Waals surface area contributed by atoms with Crippen LogP contribution in [0, 0.1) is 5.82 Å². The van der Waals surface area contributed by atoms with Gasteiger partial charge in [0, 0.05) is 25.9 Å². The summed E-state index contributed by atoms with van der Waals surface area (Å²) in [5.41, 5.74) is 1.07. The van der Waals surface area contributed by atoms with Crippen LogP contribution in [-0.2, 0) is 14.3 Å². The van der Waals surface area contributed by atoms with Gasteiger partial charge in [0.15, 0.2) is 5.79 Å². The van der Waals surface area contributed by atoms with Crippen molar-refractivity contribution in [2.75, 3.05) is 31.2 Å². The average Bonchev–Trinajstić information content (AvgIpc) is 3.16. The van der Waals surface area contributed by atoms with E-state index in [1.165, 1.54) is 12.1 Å². The Hall–Kier alpha value is -1.90. The molecule has 0 aromatic heterocycles. The molecule has 132 valence electrons. The van der Waals surface area contributed by atoms with Crippen molar-refractivity contribution in [2.45, 2.75) is 18.6 Å². The lowest BCUT2D eigenvalue weighted by Crippen LogP contribution is -2.45. The second kappa shape index (κ2) is 6.44. The van der Waals surface area contributed by atoms with E-state index in [0.717, 1.165) is 11.8 Å². The molecule has 3 saturated heterocycles. The van der Waals surface area contributed by atoms with Crippen molar-refractivity contribution in [3.63, 3.8) is 0 Å². The number of hydrogen-bond acceptors (Lipinski definition) is 6. The average molecular weight is 364 g/mol. The number of carbonyl (C=O) groups excluding carboxylic acids is 2. The maximum atomic E-state index is 14.5. The molecule has 3 aliphatic rings. The van der Waals surface area contributed by atoms with Crippen molar-refractivity contribution in [1.82, 2.24) is 5.32 Å². The summed E-state index contributed by atoms with van der Waals surface area (Å²) < 4.78 is 25.9. The Morgan fingerprint density at radius 1 is 1.20 bits per heavy atom. The van der Waals surface area contributed by atoms with Gasteiger partial charge in [0.05, 0.1) is 23.8 Å². The monoisotopic (exact) mass is 364 g/mol. The van der Waals surface area contributed by atoms with E-state index < -0.39 is 16.9 Å². The Bertz CT molecular complexity index is 751. The molecule has 0 radical (unpaired) electrons. The molecule has 2 amide bonds. The van der Waals surface area contributed by atoms with Crippen LogP contribution in [0.5, 0.6) is 0 Å². The Balaban J connectivity index is 1.48. The molecule has 25 heavy (non-hydrogen) atoms. The molecule has 0 bridgehead atoms. The minimum absolute atomic E-state index is 0.271. The number of benzene rings is 1. The van der Waals surface area contributed by atoms with Crippen molar-refractivity contribution >= 4 is 34.7 Å². The molecule has 3 heterocycles. The first kappa shape index (κ1) is 16.6. The van der Waals surface area contributed by atoms with Crippen LogP contribution < -0.4 is 10.2 Å². The van der Waals surface area contributed by atoms with Crippen LogP contribution in [0.4, 0.5) is 14.9 Å². The molecule has 6 nitrogen and oxygen atoms in total. The van der Waals surface area contributed by atoms with Gasteiger partial charge in [-0.3, -0.25) is 14.9 Å². The van der Waals surface area contributed by atoms with E-state index in [9.17, 15) is 14.0 Å². The van der Waals surface area contributed by atoms with Gasteiger partial charge in [-0.05, 0) is 35.5 Å². The van der Waals surface area contributed by atoms with Gasteiger partial charge in [0.25, 0.3) is 11.1 Å². The van der Waals surface area contributed by atoms with E-state index in [0.29, 0.717) is 50.4 Å². The molecule has 3 aliphatic heterocycles. The first-order chi connectivity index (χ1) is 12.0. The van der Waals surface area contributed by atoms with Gasteiger partial charge in [-0.15, -0.1) is 0 Å². The highest BCUT2D eigenvalue weighted by atomic mass is 32.2. The molecule has 0 saturated carbocycles. The fourth-order valence-corrected chi connectivity index (χ4v) is 4.00. The molecule has 0 atom stereocenters. The van der Waals surface area contributed by atoms with Gasteiger partial charge in [0.1, 0.15) is 5.82 Å². The first-order valence-electron chi connectivity index (χ1n) is 8.12. The van der Waals surface area contributed by atoms with Gasteiger partial charge < -0.3 is 14.4 Å². The van der Waals surface area contributed by atoms with Crippen LogP contribution in [0.1, 0.15) is 18.4 Å². The molecular formula is C17H17FN2O4S. The number of piperidine rings is 1. The van der Waals surface area contributed by atoms with E-state index in [1.54, 1.807) is 12.1 Å². The normalized spacial score (nSPS) is 24.4. The highest BCUT2D eigenvalue weighted by Gasteiger charge is 2.40. The number of hydrogen-bond donors (Lipinski definition) is 1. The Kier molecular flexibility index (Phi) is 4.26. The van der Waals surface area contributed by atoms with Crippen molar-refractivity contribution in [2.24, 2.45) is 0 Å². The second-order valence-corrected chi connectivity index (χ2v) is 7.17. The minimum atomic E-state index is -0.489. The zero-order chi connectivity index (χ0) is 17.4. The molecule has 8 heteroatoms. The summed E-state index contributed by atoms with van der Waals surface area (Å²) >= 11 is 0.818. The molecule has 3 fully saturated rings. The lowest BCUT2D eigenvalue weighted by Gasteiger charge is -2.38. The van der Waals surface area contributed by atoms with E-state index in [4.69, 9.17) is 9.47 Å². The number of imide groups is 1. The third-order valence-electron chi connectivity index (χ3n) is 4.59. The maximum Gasteiger partial charge on any atom is 0.290 e. The summed E-state index contributed by atoms with van der Waals surface area (Å²) in [5.74, 6) is -1.29. The van der Waals surface area contributed by atoms with Crippen molar-refractivity contribution in [3.05, 3.63) is 34.5 Å². The lowest BCUT2D eigenvalue weighted by atomic mass is 10.0. The number of thioether (sulfide) groups is 1. The van der Waals surface area contributed by atoms with Crippen LogP contribution in [0.15, 0.2) is 23.1 Å². The van der Waals surface area contributed by atoms with E-state index in [1.807, 2.05) is 4.90 Å². The Morgan fingerprint density at radius 3 is 2.52 bits per heavy atom. The summed E-state index contributed by atoms with van der Waals surface area (Å²) in [6.45, 7) is 2.55. The van der Waals surface area contributed by atoms with Crippen LogP contribution in [0.25, 0.3) is 6.08 Å². The highest BCUT2D eigenvalue weighted by Crippen LogP contribution is 2.34. The number of nitrogens with zero attached hydrogens (tertiary/aromatic N) is 1. The summed E-state index contributed by atoms with van der Waals surface area (Å²) in [5, 5.41) is 1.77. The third-order valence-corrected chi connectivity index (χ3v) is 5.40. The number of halogens is 1. The zero-order valence-electron chi connectivity index (χ0n) is 13.4. The molecule has 0 unspecified atom stereocenters. The predicted octanol–water partition coefficient (Wildman–Crippen LogP) is 2.49. The molecule has 1 aromatic rings. The molecular weight excluding hydrogens is 347 g/mol. The predicted molar refractivity (Wildman–Crippen MR) is 91.6 cm³/mol. The zero-order valence-corrected chi connectivity index (χ0v) is 14.2. The van der Waals surface area contributed by atoms with Crippen LogP contribution in [0.2, 0.25) is 0 Å². The molecule has 4 rings (SSSR count). The lowest BCUT2D eigenvalue weighted by molar-refractivity contribution is -0.169. The smallest absolute Gasteiger partial charge is 0.290 e. The number of ether oxygens (including phenoxy) is 2.